The van der Waals surface area contributed by atoms with Crippen molar-refractivity contribution in [3.8, 4) is 0 Å². The Bertz CT molecular complexity index is 327. The van der Waals surface area contributed by atoms with Crippen LogP contribution in [0.1, 0.15) is 25.3 Å². The molecule has 0 spiro atoms. The smallest absolute Gasteiger partial charge is 0.243 e. The van der Waals surface area contributed by atoms with Gasteiger partial charge in [-0.15, -0.1) is 12.4 Å². The summed E-state index contributed by atoms with van der Waals surface area (Å²) in [4.78, 5) is 9.82. The van der Waals surface area contributed by atoms with Gasteiger partial charge in [0.1, 0.15) is 0 Å². The summed E-state index contributed by atoms with van der Waals surface area (Å²) in [6.45, 7) is 5.66. The molecule has 1 aromatic carbocycles. The zero-order valence-corrected chi connectivity index (χ0v) is 11.7. The highest BCUT2D eigenvalue weighted by molar-refractivity contribution is 5.90. The number of primary amides is 1. The second-order valence-electron chi connectivity index (χ2n) is 3.88. The first-order chi connectivity index (χ1) is 8.07. The van der Waals surface area contributed by atoms with Gasteiger partial charge in [-0.3, -0.25) is 4.79 Å². The lowest BCUT2D eigenvalue weighted by Gasteiger charge is -1.98. The number of benzene rings is 1. The molecule has 3 nitrogen and oxygen atoms in total. The predicted molar refractivity (Wildman–Crippen MR) is 79.7 cm³/mol. The molecule has 0 saturated carbocycles. The van der Waals surface area contributed by atoms with Gasteiger partial charge in [-0.05, 0) is 38.3 Å². The maximum atomic E-state index is 9.82. The van der Waals surface area contributed by atoms with E-state index >= 15 is 0 Å². The minimum atomic E-state index is -0.435. The fourth-order valence-electron chi connectivity index (χ4n) is 1.12. The fraction of sp³-hybridized carbons (Fsp3) is 0.357. The summed E-state index contributed by atoms with van der Waals surface area (Å²) in [5, 5.41) is 0. The van der Waals surface area contributed by atoms with Crippen molar-refractivity contribution in [2.24, 2.45) is 11.5 Å². The maximum Gasteiger partial charge on any atom is 0.243 e. The van der Waals surface area contributed by atoms with Gasteiger partial charge in [0.15, 0.2) is 0 Å². The van der Waals surface area contributed by atoms with Crippen LogP contribution in [0, 0.1) is 0 Å². The van der Waals surface area contributed by atoms with Gasteiger partial charge in [0.2, 0.25) is 5.91 Å². The van der Waals surface area contributed by atoms with Crippen LogP contribution in [0.2, 0.25) is 0 Å². The highest BCUT2D eigenvalue weighted by Crippen LogP contribution is 2.03. The van der Waals surface area contributed by atoms with Crippen molar-refractivity contribution in [1.82, 2.24) is 0 Å². The van der Waals surface area contributed by atoms with Crippen LogP contribution in [0.5, 0.6) is 0 Å². The van der Waals surface area contributed by atoms with E-state index in [1.807, 2.05) is 6.07 Å². The van der Waals surface area contributed by atoms with E-state index in [9.17, 15) is 4.79 Å². The van der Waals surface area contributed by atoms with Gasteiger partial charge in [-0.25, -0.2) is 0 Å². The van der Waals surface area contributed by atoms with Crippen LogP contribution < -0.4 is 11.5 Å². The lowest BCUT2D eigenvalue weighted by molar-refractivity contribution is -0.114. The summed E-state index contributed by atoms with van der Waals surface area (Å²) in [7, 11) is 0. The Morgan fingerprint density at radius 1 is 1.22 bits per heavy atom. The number of hydrogen-bond donors (Lipinski definition) is 2. The molecule has 0 aromatic heterocycles. The molecule has 0 aliphatic carbocycles. The van der Waals surface area contributed by atoms with Crippen LogP contribution in [0.3, 0.4) is 0 Å². The van der Waals surface area contributed by atoms with Gasteiger partial charge in [0, 0.05) is 5.57 Å². The molecule has 0 aliphatic rings. The molecule has 1 aromatic rings. The topological polar surface area (TPSA) is 69.1 Å². The van der Waals surface area contributed by atoms with E-state index in [0.29, 0.717) is 5.57 Å². The molecular formula is C14H23ClN2O. The molecular weight excluding hydrogens is 248 g/mol. The third-order valence-electron chi connectivity index (χ3n) is 2.18. The highest BCUT2D eigenvalue weighted by Gasteiger charge is 1.89. The quantitative estimate of drug-likeness (QED) is 0.637. The monoisotopic (exact) mass is 270 g/mol. The largest absolute Gasteiger partial charge is 0.366 e. The van der Waals surface area contributed by atoms with Gasteiger partial charge in [0.25, 0.3) is 0 Å². The van der Waals surface area contributed by atoms with E-state index in [2.05, 4.69) is 30.8 Å². The van der Waals surface area contributed by atoms with Crippen molar-refractivity contribution < 1.29 is 4.79 Å². The summed E-state index contributed by atoms with van der Waals surface area (Å²) in [6, 6.07) is 10.5. The summed E-state index contributed by atoms with van der Waals surface area (Å²) in [5.41, 5.74) is 11.9. The third kappa shape index (κ3) is 11.2. The Balaban J connectivity index is 0. The second-order valence-corrected chi connectivity index (χ2v) is 3.88. The van der Waals surface area contributed by atoms with Crippen molar-refractivity contribution in [3.63, 3.8) is 0 Å². The summed E-state index contributed by atoms with van der Waals surface area (Å²) >= 11 is 0. The number of unbranched alkanes of at least 4 members (excludes halogenated alkanes) is 1. The van der Waals surface area contributed by atoms with Crippen LogP contribution in [0.4, 0.5) is 0 Å². The van der Waals surface area contributed by atoms with Gasteiger partial charge in [-0.1, -0.05) is 36.9 Å². The normalized spacial score (nSPS) is 8.56. The number of halogens is 1. The van der Waals surface area contributed by atoms with E-state index in [1.54, 1.807) is 6.92 Å². The van der Waals surface area contributed by atoms with Gasteiger partial charge < -0.3 is 11.5 Å². The van der Waals surface area contributed by atoms with Crippen LogP contribution in [0.25, 0.3) is 0 Å². The number of carbonyl (C=O) groups is 1. The molecule has 0 unspecified atom stereocenters. The Morgan fingerprint density at radius 2 is 1.72 bits per heavy atom. The summed E-state index contributed by atoms with van der Waals surface area (Å²) in [5.74, 6) is -0.435. The van der Waals surface area contributed by atoms with Crippen molar-refractivity contribution in [1.29, 1.82) is 0 Å². The van der Waals surface area contributed by atoms with Crippen LogP contribution >= 0.6 is 12.4 Å². The number of nitrogens with two attached hydrogens (primary N) is 2. The molecule has 0 bridgehead atoms. The molecule has 0 heterocycles. The zero-order chi connectivity index (χ0) is 13.1. The molecule has 102 valence electrons. The van der Waals surface area contributed by atoms with Crippen molar-refractivity contribution in [2.75, 3.05) is 6.54 Å². The Morgan fingerprint density at radius 3 is 2.11 bits per heavy atom. The molecule has 1 amide bonds. The molecule has 0 atom stereocenters. The third-order valence-corrected chi connectivity index (χ3v) is 2.18. The first-order valence-electron chi connectivity index (χ1n) is 5.77. The highest BCUT2D eigenvalue weighted by atomic mass is 35.5. The van der Waals surface area contributed by atoms with Crippen LogP contribution in [-0.2, 0) is 11.2 Å². The summed E-state index contributed by atoms with van der Waals surface area (Å²) < 4.78 is 0. The number of amides is 1. The Labute approximate surface area is 116 Å². The zero-order valence-electron chi connectivity index (χ0n) is 10.9. The molecule has 4 heteroatoms. The standard InChI is InChI=1S/C10H15N.C4H7NO.ClH/c11-9-5-4-8-10-6-2-1-3-7-10;1-3(2)4(5)6;/h1-3,6-7H,4-5,8-9,11H2;1H2,2H3,(H2,5,6);1H. The second kappa shape index (κ2) is 12.1. The minimum absolute atomic E-state index is 0. The number of hydrogen-bond acceptors (Lipinski definition) is 2. The Kier molecular flexibility index (Phi) is 12.8. The molecule has 0 saturated heterocycles. The average Bonchev–Trinajstić information content (AvgIpc) is 2.31. The van der Waals surface area contributed by atoms with Crippen LogP contribution in [-0.4, -0.2) is 12.5 Å². The van der Waals surface area contributed by atoms with Gasteiger partial charge >= 0.3 is 0 Å². The van der Waals surface area contributed by atoms with Gasteiger partial charge in [-0.2, -0.15) is 0 Å². The van der Waals surface area contributed by atoms with E-state index in [0.717, 1.165) is 19.4 Å². The van der Waals surface area contributed by atoms with Crippen molar-refractivity contribution >= 4 is 18.3 Å². The van der Waals surface area contributed by atoms with E-state index in [1.165, 1.54) is 12.0 Å². The van der Waals surface area contributed by atoms with E-state index in [-0.39, 0.29) is 12.4 Å². The van der Waals surface area contributed by atoms with Crippen molar-refractivity contribution in [3.05, 3.63) is 48.0 Å². The molecule has 0 fully saturated rings. The molecule has 4 N–H and O–H groups in total. The first kappa shape index (κ1) is 19.0. The lowest BCUT2D eigenvalue weighted by atomic mass is 10.1. The fourth-order valence-corrected chi connectivity index (χ4v) is 1.12. The van der Waals surface area contributed by atoms with Gasteiger partial charge in [0.05, 0.1) is 0 Å². The van der Waals surface area contributed by atoms with E-state index < -0.39 is 5.91 Å². The lowest BCUT2D eigenvalue weighted by Crippen LogP contribution is -2.10. The Hall–Kier alpha value is -1.32. The molecule has 0 aliphatic heterocycles. The molecule has 1 rings (SSSR count). The van der Waals surface area contributed by atoms with Crippen LogP contribution in [0.15, 0.2) is 42.5 Å². The summed E-state index contributed by atoms with van der Waals surface area (Å²) in [6.07, 6.45) is 3.51. The SMILES string of the molecule is C=C(C)C(N)=O.Cl.NCCCCc1ccccc1. The number of aryl methyl sites for hydroxylation is 1. The average molecular weight is 271 g/mol. The maximum absolute atomic E-state index is 9.82. The molecule has 0 radical (unpaired) electrons. The predicted octanol–water partition coefficient (Wildman–Crippen LogP) is 2.44. The minimum Gasteiger partial charge on any atom is -0.366 e. The molecule has 18 heavy (non-hydrogen) atoms. The number of carbonyl (C=O) groups excluding carboxylic acids is 1. The first-order valence-corrected chi connectivity index (χ1v) is 5.77. The van der Waals surface area contributed by atoms with E-state index in [4.69, 9.17) is 11.5 Å². The number of rotatable bonds is 5. The van der Waals surface area contributed by atoms with Crippen molar-refractivity contribution in [2.45, 2.75) is 26.2 Å².